The average molecular weight is 413 g/mol. The number of allylic oxidation sites excluding steroid dienone is 2. The van der Waals surface area contributed by atoms with E-state index in [0.29, 0.717) is 43.0 Å². The Morgan fingerprint density at radius 1 is 1.17 bits per heavy atom. The number of piperazine rings is 1. The number of sulfonamides is 1. The largest absolute Gasteiger partial charge is 0.340 e. The SMILES string of the molecule is O=C(C[C@H]1C=CCC1)N1CCN(S(=O)(=O)c2ccccc2Br)CC1. The van der Waals surface area contributed by atoms with E-state index in [1.54, 1.807) is 29.2 Å². The molecule has 7 heteroatoms. The second-order valence-electron chi connectivity index (χ2n) is 6.19. The van der Waals surface area contributed by atoms with Crippen LogP contribution in [0.15, 0.2) is 45.8 Å². The number of carbonyl (C=O) groups is 1. The monoisotopic (exact) mass is 412 g/mol. The van der Waals surface area contributed by atoms with Gasteiger partial charge in [-0.3, -0.25) is 4.79 Å². The lowest BCUT2D eigenvalue weighted by Crippen LogP contribution is -2.50. The van der Waals surface area contributed by atoms with Crippen molar-refractivity contribution in [1.82, 2.24) is 9.21 Å². The number of carbonyl (C=O) groups excluding carboxylic acids is 1. The van der Waals surface area contributed by atoms with Crippen molar-refractivity contribution >= 4 is 31.9 Å². The van der Waals surface area contributed by atoms with Gasteiger partial charge in [0.25, 0.3) is 0 Å². The Labute approximate surface area is 151 Å². The summed E-state index contributed by atoms with van der Waals surface area (Å²) in [5.41, 5.74) is 0. The van der Waals surface area contributed by atoms with Gasteiger partial charge in [-0.05, 0) is 46.8 Å². The molecule has 0 spiro atoms. The van der Waals surface area contributed by atoms with Gasteiger partial charge in [-0.15, -0.1) is 0 Å². The van der Waals surface area contributed by atoms with E-state index >= 15 is 0 Å². The summed E-state index contributed by atoms with van der Waals surface area (Å²) >= 11 is 3.31. The Morgan fingerprint density at radius 3 is 2.50 bits per heavy atom. The summed E-state index contributed by atoms with van der Waals surface area (Å²) in [6.45, 7) is 1.60. The van der Waals surface area contributed by atoms with Crippen molar-refractivity contribution in [1.29, 1.82) is 0 Å². The van der Waals surface area contributed by atoms with Gasteiger partial charge in [-0.1, -0.05) is 24.3 Å². The molecule has 0 bridgehead atoms. The summed E-state index contributed by atoms with van der Waals surface area (Å²) in [5, 5.41) is 0. The molecule has 24 heavy (non-hydrogen) atoms. The van der Waals surface area contributed by atoms with Gasteiger partial charge in [0.15, 0.2) is 0 Å². The Morgan fingerprint density at radius 2 is 1.88 bits per heavy atom. The molecule has 1 atom stereocenters. The van der Waals surface area contributed by atoms with Gasteiger partial charge in [0.1, 0.15) is 0 Å². The van der Waals surface area contributed by atoms with E-state index in [1.807, 2.05) is 0 Å². The third-order valence-corrected chi connectivity index (χ3v) is 7.51. The molecule has 0 aromatic heterocycles. The van der Waals surface area contributed by atoms with E-state index < -0.39 is 10.0 Å². The highest BCUT2D eigenvalue weighted by Gasteiger charge is 2.31. The maximum Gasteiger partial charge on any atom is 0.244 e. The molecule has 1 aliphatic heterocycles. The van der Waals surface area contributed by atoms with Crippen molar-refractivity contribution in [3.05, 3.63) is 40.9 Å². The van der Waals surface area contributed by atoms with E-state index in [9.17, 15) is 13.2 Å². The van der Waals surface area contributed by atoms with Crippen LogP contribution >= 0.6 is 15.9 Å². The van der Waals surface area contributed by atoms with Crippen LogP contribution in [0.4, 0.5) is 0 Å². The number of nitrogens with zero attached hydrogens (tertiary/aromatic N) is 2. The molecule has 1 heterocycles. The van der Waals surface area contributed by atoms with Gasteiger partial charge >= 0.3 is 0 Å². The van der Waals surface area contributed by atoms with Crippen LogP contribution in [0.2, 0.25) is 0 Å². The molecule has 5 nitrogen and oxygen atoms in total. The van der Waals surface area contributed by atoms with Gasteiger partial charge in [-0.2, -0.15) is 4.31 Å². The smallest absolute Gasteiger partial charge is 0.244 e. The molecule has 1 aromatic carbocycles. The molecule has 130 valence electrons. The molecule has 0 unspecified atom stereocenters. The molecule has 1 amide bonds. The third-order valence-electron chi connectivity index (χ3n) is 4.60. The van der Waals surface area contributed by atoms with Crippen molar-refractivity contribution < 1.29 is 13.2 Å². The minimum absolute atomic E-state index is 0.129. The zero-order valence-corrected chi connectivity index (χ0v) is 15.8. The lowest BCUT2D eigenvalue weighted by atomic mass is 10.0. The number of hydrogen-bond donors (Lipinski definition) is 0. The van der Waals surface area contributed by atoms with Crippen LogP contribution in [0.3, 0.4) is 0 Å². The Bertz CT molecular complexity index is 740. The summed E-state index contributed by atoms with van der Waals surface area (Å²) in [5.74, 6) is 0.476. The van der Waals surface area contributed by atoms with E-state index in [1.165, 1.54) is 4.31 Å². The highest BCUT2D eigenvalue weighted by Crippen LogP contribution is 2.26. The predicted octanol–water partition coefficient (Wildman–Crippen LogP) is 2.64. The van der Waals surface area contributed by atoms with Gasteiger partial charge in [-0.25, -0.2) is 8.42 Å². The topological polar surface area (TPSA) is 57.7 Å². The second-order valence-corrected chi connectivity index (χ2v) is 8.95. The van der Waals surface area contributed by atoms with E-state index in [4.69, 9.17) is 0 Å². The van der Waals surface area contributed by atoms with Crippen LogP contribution in [-0.2, 0) is 14.8 Å². The maximum absolute atomic E-state index is 12.7. The number of benzene rings is 1. The summed E-state index contributed by atoms with van der Waals surface area (Å²) in [6.07, 6.45) is 6.87. The highest BCUT2D eigenvalue weighted by atomic mass is 79.9. The van der Waals surface area contributed by atoms with Crippen molar-refractivity contribution in [3.8, 4) is 0 Å². The van der Waals surface area contributed by atoms with Crippen LogP contribution in [0.1, 0.15) is 19.3 Å². The first-order chi connectivity index (χ1) is 11.5. The van der Waals surface area contributed by atoms with Gasteiger partial charge in [0.2, 0.25) is 15.9 Å². The second kappa shape index (κ2) is 7.37. The first-order valence-electron chi connectivity index (χ1n) is 8.17. The standard InChI is InChI=1S/C17H21BrN2O3S/c18-15-7-3-4-8-16(15)24(22,23)20-11-9-19(10-12-20)17(21)13-14-5-1-2-6-14/h1,3-5,7-8,14H,2,6,9-13H2/t14-/m0/s1. The third kappa shape index (κ3) is 3.73. The molecule has 3 rings (SSSR count). The fraction of sp³-hybridized carbons (Fsp3) is 0.471. The molecule has 0 saturated carbocycles. The van der Waals surface area contributed by atoms with Crippen LogP contribution < -0.4 is 0 Å². The molecule has 0 radical (unpaired) electrons. The molecule has 1 aromatic rings. The zero-order valence-electron chi connectivity index (χ0n) is 13.4. The number of halogens is 1. The van der Waals surface area contributed by atoms with Crippen molar-refractivity contribution in [2.75, 3.05) is 26.2 Å². The molecule has 0 N–H and O–H groups in total. The molecular weight excluding hydrogens is 392 g/mol. The Hall–Kier alpha value is -1.18. The molecule has 1 fully saturated rings. The quantitative estimate of drug-likeness (QED) is 0.714. The minimum Gasteiger partial charge on any atom is -0.340 e. The van der Waals surface area contributed by atoms with Crippen LogP contribution in [0.25, 0.3) is 0 Å². The molecule has 1 saturated heterocycles. The van der Waals surface area contributed by atoms with Crippen LogP contribution in [0.5, 0.6) is 0 Å². The number of rotatable bonds is 4. The summed E-state index contributed by atoms with van der Waals surface area (Å²) < 4.78 is 27.5. The van der Waals surface area contributed by atoms with E-state index in [0.717, 1.165) is 12.8 Å². The summed E-state index contributed by atoms with van der Waals surface area (Å²) in [6, 6.07) is 6.83. The fourth-order valence-electron chi connectivity index (χ4n) is 3.19. The lowest BCUT2D eigenvalue weighted by Gasteiger charge is -2.34. The fourth-order valence-corrected chi connectivity index (χ4v) is 5.58. The van der Waals surface area contributed by atoms with Gasteiger partial charge < -0.3 is 4.90 Å². The van der Waals surface area contributed by atoms with Crippen LogP contribution in [-0.4, -0.2) is 49.7 Å². The van der Waals surface area contributed by atoms with E-state index in [2.05, 4.69) is 28.1 Å². The predicted molar refractivity (Wildman–Crippen MR) is 96.0 cm³/mol. The van der Waals surface area contributed by atoms with Crippen LogP contribution in [0, 0.1) is 5.92 Å². The highest BCUT2D eigenvalue weighted by molar-refractivity contribution is 9.10. The molecule has 2 aliphatic rings. The number of amides is 1. The maximum atomic E-state index is 12.7. The molecular formula is C17H21BrN2O3S. The van der Waals surface area contributed by atoms with Gasteiger partial charge in [0.05, 0.1) is 4.90 Å². The zero-order chi connectivity index (χ0) is 17.2. The van der Waals surface area contributed by atoms with Crippen molar-refractivity contribution in [2.45, 2.75) is 24.2 Å². The molecule has 1 aliphatic carbocycles. The normalized spacial score (nSPS) is 22.0. The van der Waals surface area contributed by atoms with E-state index in [-0.39, 0.29) is 10.8 Å². The first kappa shape index (κ1) is 17.6. The summed E-state index contributed by atoms with van der Waals surface area (Å²) in [7, 11) is -3.53. The van der Waals surface area contributed by atoms with Crippen molar-refractivity contribution in [2.24, 2.45) is 5.92 Å². The van der Waals surface area contributed by atoms with Gasteiger partial charge in [0, 0.05) is 37.1 Å². The Kier molecular flexibility index (Phi) is 5.42. The Balaban J connectivity index is 1.61. The number of hydrogen-bond acceptors (Lipinski definition) is 3. The minimum atomic E-state index is -3.53. The average Bonchev–Trinajstić information content (AvgIpc) is 3.08. The first-order valence-corrected chi connectivity index (χ1v) is 10.4. The lowest BCUT2D eigenvalue weighted by molar-refractivity contribution is -0.133. The van der Waals surface area contributed by atoms with Crippen molar-refractivity contribution in [3.63, 3.8) is 0 Å². The summed E-state index contributed by atoms with van der Waals surface area (Å²) in [4.78, 5) is 14.4.